The Balaban J connectivity index is 1.31. The molecule has 5 heterocycles. The number of rotatable bonds is 5. The average molecular weight is 441 g/mol. The molecule has 0 spiro atoms. The van der Waals surface area contributed by atoms with Gasteiger partial charge in [0.05, 0.1) is 12.2 Å². The van der Waals surface area contributed by atoms with Crippen molar-refractivity contribution in [1.82, 2.24) is 30.5 Å². The zero-order chi connectivity index (χ0) is 22.1. The third kappa shape index (κ3) is 4.00. The molecule has 5 rings (SSSR count). The van der Waals surface area contributed by atoms with E-state index in [1.54, 1.807) is 17.0 Å². The van der Waals surface area contributed by atoms with Crippen LogP contribution >= 0.6 is 0 Å². The van der Waals surface area contributed by atoms with Crippen LogP contribution in [0.3, 0.4) is 0 Å². The zero-order valence-electron chi connectivity index (χ0n) is 17.4. The molecule has 8 nitrogen and oxygen atoms in total. The first kappa shape index (κ1) is 20.3. The second-order valence-electron chi connectivity index (χ2n) is 8.07. The first-order valence-corrected chi connectivity index (χ1v) is 10.7. The van der Waals surface area contributed by atoms with Gasteiger partial charge in [0.25, 0.3) is 12.3 Å². The summed E-state index contributed by atoms with van der Waals surface area (Å²) in [5, 5.41) is 9.20. The van der Waals surface area contributed by atoms with E-state index in [9.17, 15) is 13.6 Å². The van der Waals surface area contributed by atoms with Gasteiger partial charge in [-0.1, -0.05) is 6.08 Å². The normalized spacial score (nSPS) is 22.1. The van der Waals surface area contributed by atoms with Crippen molar-refractivity contribution in [2.24, 2.45) is 0 Å². The van der Waals surface area contributed by atoms with E-state index in [0.29, 0.717) is 23.6 Å². The van der Waals surface area contributed by atoms with Gasteiger partial charge in [0.15, 0.2) is 5.82 Å². The molecule has 0 aliphatic carbocycles. The number of imidazole rings is 1. The second kappa shape index (κ2) is 8.52. The highest BCUT2D eigenvalue weighted by molar-refractivity contribution is 5.94. The molecular weight excluding hydrogens is 416 g/mol. The molecule has 4 aliphatic heterocycles. The standard InChI is InChI=1S/C22H25F2N7O/c23-21(24)15-9-14(11-25-12-15)17-3-4-19-27-13-18(31(19)29-17)22(32)28-16-5-6-26-20(10-16)30-7-1-2-8-30/h3-5,9-11,13,17,21,25-26,29H,1-2,6-8,12H2,(H,28,32). The summed E-state index contributed by atoms with van der Waals surface area (Å²) in [5.74, 6) is 1.30. The Hall–Kier alpha value is -3.56. The van der Waals surface area contributed by atoms with Crippen molar-refractivity contribution in [3.63, 3.8) is 0 Å². The van der Waals surface area contributed by atoms with Gasteiger partial charge in [-0.05, 0) is 36.6 Å². The Morgan fingerprint density at radius 2 is 2.09 bits per heavy atom. The van der Waals surface area contributed by atoms with Crippen molar-refractivity contribution in [3.8, 4) is 0 Å². The second-order valence-corrected chi connectivity index (χ2v) is 8.07. The first-order valence-electron chi connectivity index (χ1n) is 10.7. The van der Waals surface area contributed by atoms with Crippen LogP contribution in [0.1, 0.15) is 29.2 Å². The van der Waals surface area contributed by atoms with Gasteiger partial charge in [-0.3, -0.25) is 4.79 Å². The molecule has 0 radical (unpaired) electrons. The maximum atomic E-state index is 13.1. The molecule has 168 valence electrons. The molecule has 1 saturated heterocycles. The molecule has 0 aromatic carbocycles. The fourth-order valence-electron chi connectivity index (χ4n) is 4.21. The van der Waals surface area contributed by atoms with E-state index in [1.807, 2.05) is 18.2 Å². The number of amides is 1. The van der Waals surface area contributed by atoms with E-state index in [-0.39, 0.29) is 24.1 Å². The number of carbonyl (C=O) groups is 1. The summed E-state index contributed by atoms with van der Waals surface area (Å²) in [7, 11) is 0. The minimum absolute atomic E-state index is 0.0329. The highest BCUT2D eigenvalue weighted by Crippen LogP contribution is 2.22. The lowest BCUT2D eigenvalue weighted by atomic mass is 10.0. The molecule has 1 aromatic heterocycles. The number of nitrogens with zero attached hydrogens (tertiary/aromatic N) is 3. The lowest BCUT2D eigenvalue weighted by molar-refractivity contribution is 0.0958. The first-order chi connectivity index (χ1) is 15.6. The highest BCUT2D eigenvalue weighted by Gasteiger charge is 2.25. The molecule has 4 aliphatic rings. The molecule has 1 aromatic rings. The lowest BCUT2D eigenvalue weighted by Crippen LogP contribution is -2.38. The van der Waals surface area contributed by atoms with Crippen LogP contribution < -0.4 is 21.4 Å². The number of aromatic nitrogens is 2. The molecule has 10 heteroatoms. The third-order valence-electron chi connectivity index (χ3n) is 5.90. The Bertz CT molecular complexity index is 1060. The predicted octanol–water partition coefficient (Wildman–Crippen LogP) is 1.65. The van der Waals surface area contributed by atoms with Crippen LogP contribution in [0.5, 0.6) is 0 Å². The topological polar surface area (TPSA) is 86.2 Å². The van der Waals surface area contributed by atoms with Crippen molar-refractivity contribution < 1.29 is 13.6 Å². The highest BCUT2D eigenvalue weighted by atomic mass is 19.3. The number of hydrogen-bond donors (Lipinski definition) is 4. The molecule has 1 unspecified atom stereocenters. The van der Waals surface area contributed by atoms with Crippen molar-refractivity contribution in [2.45, 2.75) is 25.3 Å². The summed E-state index contributed by atoms with van der Waals surface area (Å²) >= 11 is 0. The van der Waals surface area contributed by atoms with Crippen LogP contribution in [0.15, 0.2) is 59.4 Å². The number of dihydropyridines is 2. The van der Waals surface area contributed by atoms with Gasteiger partial charge < -0.3 is 26.3 Å². The van der Waals surface area contributed by atoms with Crippen molar-refractivity contribution in [2.75, 3.05) is 31.6 Å². The van der Waals surface area contributed by atoms with Crippen LogP contribution in [0.25, 0.3) is 6.08 Å². The SMILES string of the molecule is O=C(NC1=CCNC(N2CCCC2)=C1)c1cnc2n1NC(C1=CNCC(C(F)F)=C1)C=C2. The molecule has 1 fully saturated rings. The lowest BCUT2D eigenvalue weighted by Gasteiger charge is -2.27. The molecule has 1 amide bonds. The van der Waals surface area contributed by atoms with Gasteiger partial charge in [0.2, 0.25) is 0 Å². The van der Waals surface area contributed by atoms with Crippen LogP contribution in [0, 0.1) is 0 Å². The number of nitrogens with one attached hydrogen (secondary N) is 4. The van der Waals surface area contributed by atoms with Gasteiger partial charge in [-0.2, -0.15) is 0 Å². The van der Waals surface area contributed by atoms with Gasteiger partial charge in [-0.25, -0.2) is 18.4 Å². The number of halogens is 2. The van der Waals surface area contributed by atoms with E-state index in [2.05, 4.69) is 31.3 Å². The van der Waals surface area contributed by atoms with Gasteiger partial charge in [0.1, 0.15) is 11.5 Å². The number of hydrogen-bond acceptors (Lipinski definition) is 6. The molecule has 0 bridgehead atoms. The quantitative estimate of drug-likeness (QED) is 0.556. The Labute approximate surface area is 184 Å². The number of likely N-dealkylation sites (tertiary alicyclic amines) is 1. The van der Waals surface area contributed by atoms with Gasteiger partial charge in [0, 0.05) is 49.7 Å². The maximum absolute atomic E-state index is 13.1. The summed E-state index contributed by atoms with van der Waals surface area (Å²) in [6, 6.07) is -0.371. The summed E-state index contributed by atoms with van der Waals surface area (Å²) < 4.78 is 27.8. The Kier molecular flexibility index (Phi) is 5.42. The van der Waals surface area contributed by atoms with Crippen molar-refractivity contribution >= 4 is 12.0 Å². The van der Waals surface area contributed by atoms with Crippen molar-refractivity contribution in [3.05, 3.63) is 70.9 Å². The maximum Gasteiger partial charge on any atom is 0.275 e. The smallest absolute Gasteiger partial charge is 0.275 e. The molecule has 1 atom stereocenters. The van der Waals surface area contributed by atoms with Crippen LogP contribution in [-0.4, -0.2) is 59.1 Å². The van der Waals surface area contributed by atoms with E-state index < -0.39 is 6.43 Å². The van der Waals surface area contributed by atoms with E-state index in [1.165, 1.54) is 25.1 Å². The number of allylic oxidation sites excluding steroid dienone is 1. The van der Waals surface area contributed by atoms with E-state index >= 15 is 0 Å². The number of alkyl halides is 2. The molecule has 0 saturated carbocycles. The van der Waals surface area contributed by atoms with Gasteiger partial charge in [-0.15, -0.1) is 0 Å². The minimum Gasteiger partial charge on any atom is -0.387 e. The number of fused-ring (bicyclic) bond motifs is 1. The summed E-state index contributed by atoms with van der Waals surface area (Å²) in [6.07, 6.45) is 12.0. The Morgan fingerprint density at radius 1 is 1.25 bits per heavy atom. The van der Waals surface area contributed by atoms with E-state index in [4.69, 9.17) is 0 Å². The van der Waals surface area contributed by atoms with Crippen LogP contribution in [-0.2, 0) is 0 Å². The summed E-state index contributed by atoms with van der Waals surface area (Å²) in [5.41, 5.74) is 4.97. The minimum atomic E-state index is -2.51. The van der Waals surface area contributed by atoms with Crippen LogP contribution in [0.2, 0.25) is 0 Å². The monoisotopic (exact) mass is 441 g/mol. The molecule has 4 N–H and O–H groups in total. The zero-order valence-corrected chi connectivity index (χ0v) is 17.4. The molecule has 32 heavy (non-hydrogen) atoms. The number of carbonyl (C=O) groups excluding carboxylic acids is 1. The fraction of sp³-hybridized carbons (Fsp3) is 0.364. The molecular formula is C22H25F2N7O. The Morgan fingerprint density at radius 3 is 2.91 bits per heavy atom. The predicted molar refractivity (Wildman–Crippen MR) is 117 cm³/mol. The largest absolute Gasteiger partial charge is 0.387 e. The van der Waals surface area contributed by atoms with E-state index in [0.717, 1.165) is 24.6 Å². The summed E-state index contributed by atoms with van der Waals surface area (Å²) in [6.45, 7) is 2.80. The van der Waals surface area contributed by atoms with Crippen molar-refractivity contribution in [1.29, 1.82) is 0 Å². The van der Waals surface area contributed by atoms with Gasteiger partial charge >= 0.3 is 0 Å². The third-order valence-corrected chi connectivity index (χ3v) is 5.90. The van der Waals surface area contributed by atoms with Crippen LogP contribution in [0.4, 0.5) is 8.78 Å². The average Bonchev–Trinajstić information content (AvgIpc) is 3.49. The fourth-order valence-corrected chi connectivity index (χ4v) is 4.21. The summed E-state index contributed by atoms with van der Waals surface area (Å²) in [4.78, 5) is 19.6.